The fourth-order valence-electron chi connectivity index (χ4n) is 4.59. The van der Waals surface area contributed by atoms with Crippen molar-refractivity contribution in [1.82, 2.24) is 9.80 Å². The van der Waals surface area contributed by atoms with E-state index in [1.807, 2.05) is 11.0 Å². The van der Waals surface area contributed by atoms with Crippen molar-refractivity contribution in [3.05, 3.63) is 71.8 Å². The van der Waals surface area contributed by atoms with Gasteiger partial charge in [-0.2, -0.15) is 0 Å². The van der Waals surface area contributed by atoms with E-state index >= 15 is 0 Å². The number of likely N-dealkylation sites (tertiary alicyclic amines) is 2. The van der Waals surface area contributed by atoms with Gasteiger partial charge >= 0.3 is 0 Å². The minimum Gasteiger partial charge on any atom is -0.340 e. The maximum absolute atomic E-state index is 13.6. The lowest BCUT2D eigenvalue weighted by molar-refractivity contribution is -0.138. The van der Waals surface area contributed by atoms with Crippen molar-refractivity contribution in [3.8, 4) is 0 Å². The third-order valence-corrected chi connectivity index (χ3v) is 6.21. The molecule has 4 rings (SSSR count). The molecule has 2 aromatic carbocycles. The SMILES string of the molecule is NC1CCN(C(=O)C2(c3ccccc3)CCN(Cc3ccccc3)CC2)C1. The quantitative estimate of drug-likeness (QED) is 0.909. The molecule has 2 fully saturated rings. The van der Waals surface area contributed by atoms with Crippen LogP contribution in [-0.4, -0.2) is 47.9 Å². The molecule has 27 heavy (non-hydrogen) atoms. The topological polar surface area (TPSA) is 49.6 Å². The molecule has 2 heterocycles. The molecule has 2 aromatic rings. The Balaban J connectivity index is 1.53. The fraction of sp³-hybridized carbons (Fsp3) is 0.435. The molecule has 4 heteroatoms. The first-order valence-electron chi connectivity index (χ1n) is 10.0. The van der Waals surface area contributed by atoms with Crippen molar-refractivity contribution in [3.63, 3.8) is 0 Å². The van der Waals surface area contributed by atoms with Gasteiger partial charge in [-0.05, 0) is 43.5 Å². The predicted octanol–water partition coefficient (Wildman–Crippen LogP) is 2.78. The molecule has 0 bridgehead atoms. The van der Waals surface area contributed by atoms with E-state index in [1.165, 1.54) is 5.56 Å². The van der Waals surface area contributed by atoms with E-state index in [2.05, 4.69) is 59.5 Å². The lowest BCUT2D eigenvalue weighted by Gasteiger charge is -2.43. The third-order valence-electron chi connectivity index (χ3n) is 6.21. The number of piperidine rings is 1. The van der Waals surface area contributed by atoms with Gasteiger partial charge in [0.2, 0.25) is 5.91 Å². The second-order valence-corrected chi connectivity index (χ2v) is 8.01. The van der Waals surface area contributed by atoms with Crippen LogP contribution < -0.4 is 5.73 Å². The summed E-state index contributed by atoms with van der Waals surface area (Å²) in [5, 5.41) is 0. The van der Waals surface area contributed by atoms with Crippen molar-refractivity contribution in [2.45, 2.75) is 37.3 Å². The van der Waals surface area contributed by atoms with Crippen LogP contribution in [0.3, 0.4) is 0 Å². The van der Waals surface area contributed by atoms with E-state index in [1.54, 1.807) is 0 Å². The summed E-state index contributed by atoms with van der Waals surface area (Å²) in [6.07, 6.45) is 2.65. The predicted molar refractivity (Wildman–Crippen MR) is 108 cm³/mol. The van der Waals surface area contributed by atoms with E-state index < -0.39 is 5.41 Å². The third kappa shape index (κ3) is 3.78. The number of carbonyl (C=O) groups excluding carboxylic acids is 1. The van der Waals surface area contributed by atoms with Crippen molar-refractivity contribution in [2.24, 2.45) is 5.73 Å². The Morgan fingerprint density at radius 1 is 0.963 bits per heavy atom. The molecule has 0 spiro atoms. The van der Waals surface area contributed by atoms with Crippen LogP contribution in [0.4, 0.5) is 0 Å². The van der Waals surface area contributed by atoms with Crippen LogP contribution in [0.2, 0.25) is 0 Å². The number of hydrogen-bond acceptors (Lipinski definition) is 3. The minimum atomic E-state index is -0.404. The smallest absolute Gasteiger partial charge is 0.233 e. The number of amides is 1. The summed E-state index contributed by atoms with van der Waals surface area (Å²) in [6, 6.07) is 21.1. The molecule has 1 unspecified atom stereocenters. The molecule has 2 N–H and O–H groups in total. The molecule has 0 aromatic heterocycles. The van der Waals surface area contributed by atoms with Crippen LogP contribution in [0.5, 0.6) is 0 Å². The second kappa shape index (κ2) is 7.83. The van der Waals surface area contributed by atoms with Crippen molar-refractivity contribution in [2.75, 3.05) is 26.2 Å². The average Bonchev–Trinajstić information content (AvgIpc) is 3.16. The zero-order valence-corrected chi connectivity index (χ0v) is 15.9. The van der Waals surface area contributed by atoms with E-state index in [9.17, 15) is 4.79 Å². The summed E-state index contributed by atoms with van der Waals surface area (Å²) >= 11 is 0. The highest BCUT2D eigenvalue weighted by molar-refractivity contribution is 5.88. The van der Waals surface area contributed by atoms with Crippen LogP contribution >= 0.6 is 0 Å². The number of rotatable bonds is 4. The van der Waals surface area contributed by atoms with Crippen LogP contribution in [0.25, 0.3) is 0 Å². The van der Waals surface area contributed by atoms with Gasteiger partial charge in [-0.1, -0.05) is 60.7 Å². The van der Waals surface area contributed by atoms with Gasteiger partial charge in [-0.25, -0.2) is 0 Å². The number of carbonyl (C=O) groups is 1. The minimum absolute atomic E-state index is 0.125. The maximum Gasteiger partial charge on any atom is 0.233 e. The lowest BCUT2D eigenvalue weighted by atomic mass is 9.71. The van der Waals surface area contributed by atoms with Gasteiger partial charge in [0.05, 0.1) is 5.41 Å². The summed E-state index contributed by atoms with van der Waals surface area (Å²) in [6.45, 7) is 4.32. The summed E-state index contributed by atoms with van der Waals surface area (Å²) in [5.74, 6) is 0.279. The largest absolute Gasteiger partial charge is 0.340 e. The monoisotopic (exact) mass is 363 g/mol. The Hall–Kier alpha value is -2.17. The number of hydrogen-bond donors (Lipinski definition) is 1. The van der Waals surface area contributed by atoms with E-state index in [-0.39, 0.29) is 11.9 Å². The summed E-state index contributed by atoms with van der Waals surface area (Å²) in [5.41, 5.74) is 8.17. The Morgan fingerprint density at radius 3 is 2.19 bits per heavy atom. The highest BCUT2D eigenvalue weighted by Crippen LogP contribution is 2.38. The number of nitrogens with two attached hydrogens (primary N) is 1. The Bertz CT molecular complexity index is 754. The normalized spacial score (nSPS) is 22.7. The zero-order valence-electron chi connectivity index (χ0n) is 15.9. The molecule has 0 radical (unpaired) electrons. The Labute approximate surface area is 162 Å². The first kappa shape index (κ1) is 18.2. The maximum atomic E-state index is 13.6. The molecule has 1 amide bonds. The van der Waals surface area contributed by atoms with Crippen molar-refractivity contribution >= 4 is 5.91 Å². The lowest BCUT2D eigenvalue weighted by Crippen LogP contribution is -2.52. The van der Waals surface area contributed by atoms with Gasteiger partial charge in [0.1, 0.15) is 0 Å². The first-order valence-corrected chi connectivity index (χ1v) is 10.0. The number of nitrogens with zero attached hydrogens (tertiary/aromatic N) is 2. The summed E-state index contributed by atoms with van der Waals surface area (Å²) < 4.78 is 0. The van der Waals surface area contributed by atoms with Gasteiger partial charge in [0.25, 0.3) is 0 Å². The van der Waals surface area contributed by atoms with Crippen molar-refractivity contribution in [1.29, 1.82) is 0 Å². The van der Waals surface area contributed by atoms with Crippen molar-refractivity contribution < 1.29 is 4.79 Å². The average molecular weight is 364 g/mol. The van der Waals surface area contributed by atoms with E-state index in [0.29, 0.717) is 6.54 Å². The summed E-state index contributed by atoms with van der Waals surface area (Å²) in [7, 11) is 0. The molecule has 1 atom stereocenters. The molecule has 2 aliphatic rings. The van der Waals surface area contributed by atoms with Crippen LogP contribution in [0, 0.1) is 0 Å². The van der Waals surface area contributed by atoms with Gasteiger partial charge in [-0.3, -0.25) is 9.69 Å². The van der Waals surface area contributed by atoms with Gasteiger partial charge in [0.15, 0.2) is 0 Å². The molecule has 4 nitrogen and oxygen atoms in total. The van der Waals surface area contributed by atoms with E-state index in [4.69, 9.17) is 5.73 Å². The van der Waals surface area contributed by atoms with Crippen LogP contribution in [0.1, 0.15) is 30.4 Å². The second-order valence-electron chi connectivity index (χ2n) is 8.01. The van der Waals surface area contributed by atoms with Crippen LogP contribution in [0.15, 0.2) is 60.7 Å². The van der Waals surface area contributed by atoms with Gasteiger partial charge in [0, 0.05) is 25.7 Å². The van der Waals surface area contributed by atoms with Gasteiger partial charge < -0.3 is 10.6 Å². The van der Waals surface area contributed by atoms with Crippen LogP contribution in [-0.2, 0) is 16.8 Å². The van der Waals surface area contributed by atoms with E-state index in [0.717, 1.165) is 51.0 Å². The molecule has 0 saturated carbocycles. The molecular formula is C23H29N3O. The Kier molecular flexibility index (Phi) is 5.28. The first-order chi connectivity index (χ1) is 13.2. The highest BCUT2D eigenvalue weighted by Gasteiger charge is 2.45. The standard InChI is InChI=1S/C23H29N3O/c24-21-11-14-26(18-21)22(27)23(20-9-5-2-6-10-20)12-15-25(16-13-23)17-19-7-3-1-4-8-19/h1-10,21H,11-18,24H2. The Morgan fingerprint density at radius 2 is 1.59 bits per heavy atom. The number of benzene rings is 2. The highest BCUT2D eigenvalue weighted by atomic mass is 16.2. The van der Waals surface area contributed by atoms with Gasteiger partial charge in [-0.15, -0.1) is 0 Å². The fourth-order valence-corrected chi connectivity index (χ4v) is 4.59. The summed E-state index contributed by atoms with van der Waals surface area (Å²) in [4.78, 5) is 18.1. The molecule has 2 saturated heterocycles. The molecule has 142 valence electrons. The molecule has 2 aliphatic heterocycles. The molecular weight excluding hydrogens is 334 g/mol. The molecule has 0 aliphatic carbocycles. The zero-order chi connectivity index (χ0) is 18.7.